The highest BCUT2D eigenvalue weighted by molar-refractivity contribution is 6.39. The number of amides is 1. The Kier molecular flexibility index (Phi) is 20.7. The summed E-state index contributed by atoms with van der Waals surface area (Å²) < 4.78 is 29.2. The van der Waals surface area contributed by atoms with Gasteiger partial charge in [-0.15, -0.1) is 0 Å². The second-order valence-electron chi connectivity index (χ2n) is 19.4. The van der Waals surface area contributed by atoms with E-state index in [1.54, 1.807) is 34.0 Å². The number of Topliss-reactive ketones (excluding diaryl/α,β-unsaturated/α-hetero) is 4. The van der Waals surface area contributed by atoms with Crippen molar-refractivity contribution in [2.45, 2.75) is 174 Å². The first-order chi connectivity index (χ1) is 30.7. The predicted molar refractivity (Wildman–Crippen MR) is 244 cm³/mol. The van der Waals surface area contributed by atoms with Crippen molar-refractivity contribution in [2.75, 3.05) is 27.9 Å². The number of carbonyl (C=O) groups is 6. The van der Waals surface area contributed by atoms with Crippen molar-refractivity contribution in [3.63, 3.8) is 0 Å². The van der Waals surface area contributed by atoms with E-state index in [9.17, 15) is 39.0 Å². The van der Waals surface area contributed by atoms with Gasteiger partial charge < -0.3 is 38.8 Å². The number of allylic oxidation sites excluding steroid dienone is 6. The van der Waals surface area contributed by atoms with E-state index in [0.29, 0.717) is 69.8 Å². The molecule has 3 fully saturated rings. The Balaban J connectivity index is 1.70. The SMILES string of the molecule is CO[C@H]1C[C@@H]2CC[C@@H](C)[C@@](O)(O2)C(=O)C(=O)N2CCCC[C@H]2C(=O)O[C@H]([C@H](C)C[C@@H]2CCC(=O)[C@H](OC)C2)CC(=O)[C@H](C)/C=C(/C)[C@@H](O)[C@@H](OC)C(=O)[C@H](C)C[C@H](C)/C=C/C=C\C=C\1C. The van der Waals surface area contributed by atoms with E-state index < -0.39 is 83.9 Å². The van der Waals surface area contributed by atoms with E-state index in [0.717, 1.165) is 5.57 Å². The molecule has 2 bridgehead atoms. The highest BCUT2D eigenvalue weighted by Crippen LogP contribution is 2.37. The fourth-order valence-electron chi connectivity index (χ4n) is 9.95. The van der Waals surface area contributed by atoms with Crippen molar-refractivity contribution < 1.29 is 62.7 Å². The fraction of sp³-hybridized carbons (Fsp3) is 0.725. The molecule has 1 amide bonds. The van der Waals surface area contributed by atoms with E-state index >= 15 is 0 Å². The molecule has 0 aromatic rings. The lowest BCUT2D eigenvalue weighted by Gasteiger charge is -2.42. The second kappa shape index (κ2) is 24.9. The van der Waals surface area contributed by atoms with Gasteiger partial charge in [0.1, 0.15) is 36.2 Å². The molecule has 14 atom stereocenters. The van der Waals surface area contributed by atoms with Gasteiger partial charge in [-0.1, -0.05) is 71.1 Å². The summed E-state index contributed by atoms with van der Waals surface area (Å²) in [5.41, 5.74) is 1.25. The maximum Gasteiger partial charge on any atom is 0.329 e. The van der Waals surface area contributed by atoms with Crippen molar-refractivity contribution in [3.05, 3.63) is 47.6 Å². The molecule has 65 heavy (non-hydrogen) atoms. The van der Waals surface area contributed by atoms with Crippen LogP contribution in [0.4, 0.5) is 0 Å². The summed E-state index contributed by atoms with van der Waals surface area (Å²) in [4.78, 5) is 84.2. The number of ketones is 4. The molecule has 0 unspecified atom stereocenters. The monoisotopic (exact) mass is 912 g/mol. The van der Waals surface area contributed by atoms with Gasteiger partial charge in [0.2, 0.25) is 5.79 Å². The van der Waals surface area contributed by atoms with Gasteiger partial charge in [0.25, 0.3) is 11.7 Å². The molecule has 3 heterocycles. The summed E-state index contributed by atoms with van der Waals surface area (Å²) in [5.74, 6) is -8.09. The topological polar surface area (TPSA) is 192 Å². The third-order valence-corrected chi connectivity index (χ3v) is 14.3. The van der Waals surface area contributed by atoms with Gasteiger partial charge in [0.15, 0.2) is 11.6 Å². The maximum atomic E-state index is 14.3. The summed E-state index contributed by atoms with van der Waals surface area (Å²) in [7, 11) is 4.45. The summed E-state index contributed by atoms with van der Waals surface area (Å²) in [5, 5.41) is 23.3. The van der Waals surface area contributed by atoms with E-state index in [1.807, 2.05) is 58.1 Å². The molecule has 0 radical (unpaired) electrons. The van der Waals surface area contributed by atoms with Crippen molar-refractivity contribution in [2.24, 2.45) is 35.5 Å². The van der Waals surface area contributed by atoms with Crippen LogP contribution in [0, 0.1) is 35.5 Å². The summed E-state index contributed by atoms with van der Waals surface area (Å²) >= 11 is 0. The van der Waals surface area contributed by atoms with Gasteiger partial charge in [-0.25, -0.2) is 4.79 Å². The maximum absolute atomic E-state index is 14.3. The molecule has 364 valence electrons. The minimum Gasteiger partial charge on any atom is -0.460 e. The highest BCUT2D eigenvalue weighted by Gasteiger charge is 2.53. The largest absolute Gasteiger partial charge is 0.460 e. The third-order valence-electron chi connectivity index (χ3n) is 14.3. The zero-order valence-electron chi connectivity index (χ0n) is 40.5. The van der Waals surface area contributed by atoms with Gasteiger partial charge in [-0.05, 0) is 101 Å². The van der Waals surface area contributed by atoms with E-state index in [1.165, 1.54) is 19.1 Å². The van der Waals surface area contributed by atoms with Crippen LogP contribution >= 0.6 is 0 Å². The van der Waals surface area contributed by atoms with Crippen molar-refractivity contribution in [1.29, 1.82) is 0 Å². The first-order valence-electron chi connectivity index (χ1n) is 23.8. The number of ether oxygens (including phenoxy) is 5. The van der Waals surface area contributed by atoms with Gasteiger partial charge in [-0.2, -0.15) is 0 Å². The van der Waals surface area contributed by atoms with E-state index in [4.69, 9.17) is 23.7 Å². The lowest BCUT2D eigenvalue weighted by Crippen LogP contribution is -2.61. The Hall–Kier alpha value is -3.66. The molecule has 4 rings (SSSR count). The lowest BCUT2D eigenvalue weighted by atomic mass is 9.79. The number of nitrogens with zero attached hydrogens (tertiary/aromatic N) is 1. The van der Waals surface area contributed by atoms with Gasteiger partial charge in [-0.3, -0.25) is 24.0 Å². The number of carbonyl (C=O) groups excluding carboxylic acids is 6. The molecule has 14 heteroatoms. The third kappa shape index (κ3) is 14.2. The zero-order chi connectivity index (χ0) is 48.2. The Labute approximate surface area is 386 Å². The molecular weight excluding hydrogens is 835 g/mol. The average molecular weight is 912 g/mol. The normalized spacial score (nSPS) is 39.3. The highest BCUT2D eigenvalue weighted by atomic mass is 16.6. The average Bonchev–Trinajstić information content (AvgIpc) is 3.28. The number of cyclic esters (lactones) is 1. The van der Waals surface area contributed by atoms with Gasteiger partial charge >= 0.3 is 5.97 Å². The molecule has 2 N–H and O–H groups in total. The first kappa shape index (κ1) is 54.0. The molecule has 0 aromatic carbocycles. The molecule has 0 spiro atoms. The Bertz CT molecular complexity index is 1800. The first-order valence-corrected chi connectivity index (χ1v) is 23.8. The quantitative estimate of drug-likeness (QED) is 0.170. The Morgan fingerprint density at radius 3 is 2.22 bits per heavy atom. The van der Waals surface area contributed by atoms with Crippen molar-refractivity contribution in [3.8, 4) is 0 Å². The molecule has 2 saturated heterocycles. The number of fused-ring (bicyclic) bond motifs is 3. The minimum atomic E-state index is -2.43. The van der Waals surface area contributed by atoms with Crippen LogP contribution in [0.25, 0.3) is 0 Å². The van der Waals surface area contributed by atoms with Crippen LogP contribution in [0.15, 0.2) is 47.6 Å². The Morgan fingerprint density at radius 2 is 1.54 bits per heavy atom. The number of esters is 1. The second-order valence-corrected chi connectivity index (χ2v) is 19.4. The molecular formula is C51H77NO13. The number of methoxy groups -OCH3 is 3. The smallest absolute Gasteiger partial charge is 0.329 e. The number of piperidine rings is 1. The van der Waals surface area contributed by atoms with Crippen LogP contribution in [0.5, 0.6) is 0 Å². The number of rotatable bonds is 6. The van der Waals surface area contributed by atoms with Crippen LogP contribution < -0.4 is 0 Å². The van der Waals surface area contributed by atoms with Crippen LogP contribution in [-0.4, -0.2) is 126 Å². The summed E-state index contributed by atoms with van der Waals surface area (Å²) in [6.45, 7) is 12.7. The van der Waals surface area contributed by atoms with Gasteiger partial charge in [0, 0.05) is 64.9 Å². The molecule has 0 aromatic heterocycles. The van der Waals surface area contributed by atoms with Crippen molar-refractivity contribution in [1.82, 2.24) is 4.90 Å². The number of aliphatic hydroxyl groups excluding tert-OH is 1. The van der Waals surface area contributed by atoms with Crippen LogP contribution in [0.1, 0.15) is 126 Å². The molecule has 3 aliphatic heterocycles. The molecule has 1 saturated carbocycles. The summed E-state index contributed by atoms with van der Waals surface area (Å²) in [6, 6.07) is -1.15. The van der Waals surface area contributed by atoms with Crippen molar-refractivity contribution >= 4 is 35.0 Å². The minimum absolute atomic E-state index is 0.0155. The van der Waals surface area contributed by atoms with Gasteiger partial charge in [0.05, 0.1) is 12.2 Å². The summed E-state index contributed by atoms with van der Waals surface area (Å²) in [6.07, 6.45) is 11.0. The predicted octanol–water partition coefficient (Wildman–Crippen LogP) is 6.39. The van der Waals surface area contributed by atoms with E-state index in [-0.39, 0.29) is 54.5 Å². The number of hydrogen-bond acceptors (Lipinski definition) is 13. The molecule has 4 aliphatic rings. The number of hydrogen-bond donors (Lipinski definition) is 2. The van der Waals surface area contributed by atoms with Crippen LogP contribution in [0.2, 0.25) is 0 Å². The lowest BCUT2D eigenvalue weighted by molar-refractivity contribution is -0.265. The fourth-order valence-corrected chi connectivity index (χ4v) is 9.95. The molecule has 14 nitrogen and oxygen atoms in total. The standard InChI is InChI=1S/C51H77NO13/c1-30-16-12-11-13-17-31(2)42(61-8)28-38-21-19-36(7)51(60,65-38)48(57)49(58)52-23-15-14-18-39(52)50(59)64-43(33(4)26-37-20-22-40(53)44(27-37)62-9)29-41(54)32(3)25-35(6)46(56)47(63-10)45(55)34(5)24-30/h11-13,16-17,25,30,32-34,36-39,42-44,46-47,56,60H,14-15,18-24,26-29H2,1-10H3/b13-11-,16-12+,31-17+,35-25-/t30-,32-,33-,34-,36-,37+,38+,39+,42+,43+,44-,46-,47+,51-/m1/s1. The molecule has 1 aliphatic carbocycles. The van der Waals surface area contributed by atoms with E-state index in [2.05, 4.69) is 0 Å². The Morgan fingerprint density at radius 1 is 0.831 bits per heavy atom. The zero-order valence-corrected chi connectivity index (χ0v) is 40.5. The van der Waals surface area contributed by atoms with Crippen LogP contribution in [0.3, 0.4) is 0 Å². The number of aliphatic hydroxyl groups is 2. The van der Waals surface area contributed by atoms with Crippen LogP contribution in [-0.2, 0) is 52.5 Å².